The Morgan fingerprint density at radius 2 is 1.46 bits per heavy atom. The molecule has 0 saturated heterocycles. The Balaban J connectivity index is 1.52. The second-order valence-corrected chi connectivity index (χ2v) is 10.7. The molecule has 0 radical (unpaired) electrons. The van der Waals surface area contributed by atoms with Gasteiger partial charge in [-0.15, -0.1) is 0 Å². The van der Waals surface area contributed by atoms with E-state index >= 15 is 0 Å². The molecule has 4 aromatic carbocycles. The SMILES string of the molecule is N=c1oc2ccccc2cc1-c1cc(-c2ccccc2)c2c3ncnc(N=Cc4ccccc4)c3c(=O)nc-2n1-c1ccccc1. The minimum absolute atomic E-state index is 0.00950. The van der Waals surface area contributed by atoms with Crippen molar-refractivity contribution in [3.05, 3.63) is 155 Å². The van der Waals surface area contributed by atoms with Gasteiger partial charge in [0.1, 0.15) is 17.3 Å². The molecular weight excluding hydrogens is 572 g/mol. The lowest BCUT2D eigenvalue weighted by Gasteiger charge is -2.24. The fraction of sp³-hybridized carbons (Fsp3) is 0. The van der Waals surface area contributed by atoms with Crippen LogP contribution in [0, 0.1) is 5.41 Å². The molecule has 0 fully saturated rings. The third kappa shape index (κ3) is 4.65. The monoisotopic (exact) mass is 596 g/mol. The second kappa shape index (κ2) is 11.2. The molecular formula is C38H24N6O2. The van der Waals surface area contributed by atoms with E-state index in [1.54, 1.807) is 6.21 Å². The zero-order valence-corrected chi connectivity index (χ0v) is 24.3. The highest BCUT2D eigenvalue weighted by atomic mass is 16.3. The molecule has 8 nitrogen and oxygen atoms in total. The number of hydrogen-bond donors (Lipinski definition) is 1. The van der Waals surface area contributed by atoms with Crippen LogP contribution < -0.4 is 11.1 Å². The summed E-state index contributed by atoms with van der Waals surface area (Å²) in [5.41, 5.74) is 5.71. The first-order valence-electron chi connectivity index (χ1n) is 14.7. The molecule has 2 aliphatic rings. The quantitative estimate of drug-likeness (QED) is 0.163. The standard InChI is InChI=1S/C38H24N6O2/c39-35-29(20-26-16-10-11-19-31(26)46-35)30-21-28(25-14-6-2-7-15-25)32-34-33(36(42-23-41-34)40-22-24-12-4-1-5-13-24)38(45)43-37(32)44(30)27-17-8-3-9-18-27/h1-23,39H. The highest BCUT2D eigenvalue weighted by Gasteiger charge is 2.27. The largest absolute Gasteiger partial charge is 0.438 e. The average molecular weight is 597 g/mol. The Morgan fingerprint density at radius 1 is 0.761 bits per heavy atom. The van der Waals surface area contributed by atoms with Gasteiger partial charge in [0.05, 0.1) is 22.3 Å². The highest BCUT2D eigenvalue weighted by Crippen LogP contribution is 2.42. The molecule has 1 N–H and O–H groups in total. The third-order valence-corrected chi connectivity index (χ3v) is 7.90. The van der Waals surface area contributed by atoms with Crippen molar-refractivity contribution in [2.75, 3.05) is 0 Å². The topological polar surface area (TPSA) is 110 Å². The molecule has 218 valence electrons. The zero-order valence-electron chi connectivity index (χ0n) is 24.3. The van der Waals surface area contributed by atoms with Gasteiger partial charge >= 0.3 is 0 Å². The van der Waals surface area contributed by atoms with Crippen LogP contribution in [0.4, 0.5) is 5.82 Å². The summed E-state index contributed by atoms with van der Waals surface area (Å²) in [5.74, 6) is 0.633. The maximum atomic E-state index is 14.0. The molecule has 0 spiro atoms. The number of aliphatic imine (C=N–C) groups is 1. The van der Waals surface area contributed by atoms with E-state index in [0.717, 1.165) is 27.8 Å². The Labute approximate surface area is 262 Å². The molecule has 6 aromatic rings. The summed E-state index contributed by atoms with van der Waals surface area (Å²) in [5, 5.41) is 10.0. The fourth-order valence-electron chi connectivity index (χ4n) is 5.80. The summed E-state index contributed by atoms with van der Waals surface area (Å²) in [6.07, 6.45) is 3.11. The highest BCUT2D eigenvalue weighted by molar-refractivity contribution is 6.05. The van der Waals surface area contributed by atoms with Crippen LogP contribution >= 0.6 is 0 Å². The summed E-state index contributed by atoms with van der Waals surface area (Å²) < 4.78 is 7.90. The van der Waals surface area contributed by atoms with Crippen molar-refractivity contribution in [2.45, 2.75) is 0 Å². The predicted octanol–water partition coefficient (Wildman–Crippen LogP) is 7.59. The number of para-hydroxylation sites is 2. The number of pyridine rings is 2. The van der Waals surface area contributed by atoms with Gasteiger partial charge in [0.2, 0.25) is 5.55 Å². The van der Waals surface area contributed by atoms with Gasteiger partial charge in [0.15, 0.2) is 11.6 Å². The van der Waals surface area contributed by atoms with Crippen LogP contribution in [0.1, 0.15) is 5.56 Å². The van der Waals surface area contributed by atoms with Crippen molar-refractivity contribution >= 4 is 33.9 Å². The minimum Gasteiger partial charge on any atom is -0.438 e. The lowest BCUT2D eigenvalue weighted by Crippen LogP contribution is -2.19. The number of fused-ring (bicyclic) bond motifs is 4. The first-order chi connectivity index (χ1) is 22.7. The number of nitrogens with zero attached hydrogens (tertiary/aromatic N) is 5. The molecule has 0 unspecified atom stereocenters. The summed E-state index contributed by atoms with van der Waals surface area (Å²) in [4.78, 5) is 32.4. The van der Waals surface area contributed by atoms with Crippen LogP contribution in [0.5, 0.6) is 0 Å². The van der Waals surface area contributed by atoms with E-state index < -0.39 is 5.56 Å². The van der Waals surface area contributed by atoms with Crippen molar-refractivity contribution in [3.63, 3.8) is 0 Å². The molecule has 0 saturated carbocycles. The molecule has 46 heavy (non-hydrogen) atoms. The number of rotatable bonds is 5. The molecule has 0 bridgehead atoms. The van der Waals surface area contributed by atoms with Gasteiger partial charge in [-0.05, 0) is 47.0 Å². The van der Waals surface area contributed by atoms with Crippen LogP contribution in [0.2, 0.25) is 0 Å². The summed E-state index contributed by atoms with van der Waals surface area (Å²) in [7, 11) is 0. The van der Waals surface area contributed by atoms with E-state index in [2.05, 4.69) is 15.0 Å². The summed E-state index contributed by atoms with van der Waals surface area (Å²) in [6.45, 7) is 0. The van der Waals surface area contributed by atoms with Gasteiger partial charge in [-0.25, -0.2) is 15.0 Å². The maximum Gasteiger partial charge on any atom is 0.285 e. The van der Waals surface area contributed by atoms with Gasteiger partial charge in [0.25, 0.3) is 5.56 Å². The normalized spacial score (nSPS) is 11.6. The van der Waals surface area contributed by atoms with Gasteiger partial charge < -0.3 is 4.42 Å². The van der Waals surface area contributed by atoms with E-state index in [9.17, 15) is 4.79 Å². The number of aromatic nitrogens is 4. The van der Waals surface area contributed by atoms with E-state index in [1.807, 2.05) is 132 Å². The number of benzene rings is 4. The summed E-state index contributed by atoms with van der Waals surface area (Å²) >= 11 is 0. The Morgan fingerprint density at radius 3 is 2.24 bits per heavy atom. The Kier molecular flexibility index (Phi) is 6.58. The number of nitrogens with one attached hydrogen (secondary N) is 1. The van der Waals surface area contributed by atoms with Gasteiger partial charge in [-0.2, -0.15) is 4.98 Å². The average Bonchev–Trinajstić information content (AvgIpc) is 3.11. The minimum atomic E-state index is -0.501. The molecule has 2 aliphatic heterocycles. The van der Waals surface area contributed by atoms with Crippen LogP contribution in [0.15, 0.2) is 148 Å². The Bertz CT molecular complexity index is 2510. The molecule has 4 heterocycles. The lowest BCUT2D eigenvalue weighted by atomic mass is 9.94. The molecule has 0 amide bonds. The van der Waals surface area contributed by atoms with E-state index in [4.69, 9.17) is 14.8 Å². The Hall–Kier alpha value is -6.54. The van der Waals surface area contributed by atoms with Crippen LogP contribution in [0.3, 0.4) is 0 Å². The smallest absolute Gasteiger partial charge is 0.285 e. The molecule has 0 atom stereocenters. The molecule has 2 aromatic heterocycles. The van der Waals surface area contributed by atoms with Gasteiger partial charge in [0, 0.05) is 17.3 Å². The van der Waals surface area contributed by atoms with Crippen molar-refractivity contribution in [1.29, 1.82) is 5.41 Å². The number of hydrogen-bond acceptors (Lipinski definition) is 7. The van der Waals surface area contributed by atoms with Crippen molar-refractivity contribution < 1.29 is 4.42 Å². The van der Waals surface area contributed by atoms with Crippen LogP contribution in [-0.2, 0) is 0 Å². The van der Waals surface area contributed by atoms with Crippen molar-refractivity contribution in [2.24, 2.45) is 4.99 Å². The van der Waals surface area contributed by atoms with Crippen LogP contribution in [-0.4, -0.2) is 25.7 Å². The van der Waals surface area contributed by atoms with Crippen molar-refractivity contribution in [1.82, 2.24) is 19.5 Å². The predicted molar refractivity (Wildman–Crippen MR) is 180 cm³/mol. The van der Waals surface area contributed by atoms with Gasteiger partial charge in [-0.1, -0.05) is 97.1 Å². The second-order valence-electron chi connectivity index (χ2n) is 10.7. The lowest BCUT2D eigenvalue weighted by molar-refractivity contribution is 0.535. The first-order valence-corrected chi connectivity index (χ1v) is 14.7. The molecule has 8 rings (SSSR count). The summed E-state index contributed by atoms with van der Waals surface area (Å²) in [6, 6.07) is 40.7. The maximum absolute atomic E-state index is 14.0. The first kappa shape index (κ1) is 27.0. The van der Waals surface area contributed by atoms with Crippen LogP contribution in [0.25, 0.3) is 61.3 Å². The fourth-order valence-corrected chi connectivity index (χ4v) is 5.80. The van der Waals surface area contributed by atoms with Gasteiger partial charge in [-0.3, -0.25) is 14.8 Å². The molecule has 0 aliphatic carbocycles. The van der Waals surface area contributed by atoms with Crippen molar-refractivity contribution in [3.8, 4) is 39.5 Å². The van der Waals surface area contributed by atoms with E-state index in [1.165, 1.54) is 6.33 Å². The third-order valence-electron chi connectivity index (χ3n) is 7.90. The zero-order chi connectivity index (χ0) is 31.0. The van der Waals surface area contributed by atoms with E-state index in [0.29, 0.717) is 33.7 Å². The van der Waals surface area contributed by atoms with E-state index in [-0.39, 0.29) is 16.8 Å². The molecule has 8 heteroatoms.